The third-order valence-corrected chi connectivity index (χ3v) is 2.37. The molecule has 6 heteroatoms. The Morgan fingerprint density at radius 3 is 2.73 bits per heavy atom. The summed E-state index contributed by atoms with van der Waals surface area (Å²) in [5, 5.41) is 4.65. The predicted octanol–water partition coefficient (Wildman–Crippen LogP) is -1.71. The van der Waals surface area contributed by atoms with E-state index < -0.39 is 0 Å². The Morgan fingerprint density at radius 2 is 2.20 bits per heavy atom. The lowest BCUT2D eigenvalue weighted by atomic mass is 10.2. The molecule has 0 aromatic heterocycles. The van der Waals surface area contributed by atoms with Gasteiger partial charge in [-0.15, -0.1) is 0 Å². The van der Waals surface area contributed by atoms with Gasteiger partial charge < -0.3 is 15.8 Å². The van der Waals surface area contributed by atoms with E-state index in [4.69, 9.17) is 10.5 Å². The van der Waals surface area contributed by atoms with E-state index >= 15 is 0 Å². The molecule has 1 aliphatic heterocycles. The van der Waals surface area contributed by atoms with E-state index in [1.54, 1.807) is 7.05 Å². The topological polar surface area (TPSA) is 79.6 Å². The van der Waals surface area contributed by atoms with Crippen molar-refractivity contribution in [2.24, 2.45) is 5.73 Å². The van der Waals surface area contributed by atoms with Gasteiger partial charge in [0, 0.05) is 39.1 Å². The Labute approximate surface area is 90.1 Å². The van der Waals surface area contributed by atoms with Gasteiger partial charge >= 0.3 is 0 Å². The second-order valence-corrected chi connectivity index (χ2v) is 3.54. The zero-order valence-electron chi connectivity index (χ0n) is 9.16. The molecule has 6 nitrogen and oxygen atoms in total. The van der Waals surface area contributed by atoms with Crippen LogP contribution in [-0.4, -0.2) is 56.9 Å². The molecule has 0 aliphatic carbocycles. The maximum Gasteiger partial charge on any atom is 0.221 e. The van der Waals surface area contributed by atoms with Gasteiger partial charge in [-0.1, -0.05) is 0 Å². The summed E-state index contributed by atoms with van der Waals surface area (Å²) in [6.07, 6.45) is 0.407. The molecule has 0 aromatic carbocycles. The van der Waals surface area contributed by atoms with Gasteiger partial charge in [-0.25, -0.2) is 5.01 Å². The minimum Gasteiger partial charge on any atom is -0.379 e. The largest absolute Gasteiger partial charge is 0.379 e. The van der Waals surface area contributed by atoms with E-state index in [2.05, 4.69) is 15.8 Å². The summed E-state index contributed by atoms with van der Waals surface area (Å²) < 4.78 is 5.22. The molecule has 1 fully saturated rings. The molecule has 1 aliphatic rings. The predicted molar refractivity (Wildman–Crippen MR) is 57.1 cm³/mol. The number of nitrogens with zero attached hydrogens (tertiary/aromatic N) is 1. The number of ether oxygens (including phenoxy) is 1. The van der Waals surface area contributed by atoms with E-state index in [-0.39, 0.29) is 11.9 Å². The Hall–Kier alpha value is -0.690. The van der Waals surface area contributed by atoms with Crippen molar-refractivity contribution < 1.29 is 9.53 Å². The van der Waals surface area contributed by atoms with Crippen LogP contribution in [0.15, 0.2) is 0 Å². The van der Waals surface area contributed by atoms with Crippen molar-refractivity contribution in [3.8, 4) is 0 Å². The van der Waals surface area contributed by atoms with Crippen molar-refractivity contribution in [1.29, 1.82) is 0 Å². The van der Waals surface area contributed by atoms with Gasteiger partial charge in [0.1, 0.15) is 0 Å². The molecule has 1 amide bonds. The average Bonchev–Trinajstić information content (AvgIpc) is 2.29. The minimum atomic E-state index is 0.00282. The summed E-state index contributed by atoms with van der Waals surface area (Å²) in [6, 6.07) is 0.00282. The van der Waals surface area contributed by atoms with Gasteiger partial charge in [-0.3, -0.25) is 10.2 Å². The molecule has 1 atom stereocenters. The lowest BCUT2D eigenvalue weighted by Crippen LogP contribution is -2.53. The number of nitrogens with one attached hydrogen (secondary N) is 2. The van der Waals surface area contributed by atoms with E-state index in [9.17, 15) is 4.79 Å². The van der Waals surface area contributed by atoms with Crippen molar-refractivity contribution >= 4 is 5.91 Å². The normalized spacial score (nSPS) is 19.9. The van der Waals surface area contributed by atoms with Gasteiger partial charge in [0.05, 0.1) is 13.2 Å². The number of hydrogen-bond donors (Lipinski definition) is 3. The Kier molecular flexibility index (Phi) is 5.56. The molecule has 0 radical (unpaired) electrons. The SMILES string of the molecule is CNC(=O)CC(CN)NN1CCOCC1. The second kappa shape index (κ2) is 6.73. The van der Waals surface area contributed by atoms with Crippen LogP contribution in [0.4, 0.5) is 0 Å². The van der Waals surface area contributed by atoms with Gasteiger partial charge in [-0.05, 0) is 0 Å². The number of morpholine rings is 1. The summed E-state index contributed by atoms with van der Waals surface area (Å²) in [5.41, 5.74) is 8.83. The summed E-state index contributed by atoms with van der Waals surface area (Å²) in [6.45, 7) is 3.58. The fraction of sp³-hybridized carbons (Fsp3) is 0.889. The van der Waals surface area contributed by atoms with E-state index in [1.807, 2.05) is 0 Å². The van der Waals surface area contributed by atoms with Gasteiger partial charge in [0.2, 0.25) is 5.91 Å². The van der Waals surface area contributed by atoms with Crippen molar-refractivity contribution in [3.63, 3.8) is 0 Å². The first-order chi connectivity index (χ1) is 7.26. The fourth-order valence-corrected chi connectivity index (χ4v) is 1.46. The van der Waals surface area contributed by atoms with Gasteiger partial charge in [0.15, 0.2) is 0 Å². The van der Waals surface area contributed by atoms with Crippen LogP contribution in [0.5, 0.6) is 0 Å². The van der Waals surface area contributed by atoms with Crippen molar-refractivity contribution in [3.05, 3.63) is 0 Å². The minimum absolute atomic E-state index is 0.00282. The molecule has 0 spiro atoms. The molecule has 15 heavy (non-hydrogen) atoms. The fourth-order valence-electron chi connectivity index (χ4n) is 1.46. The van der Waals surface area contributed by atoms with Crippen LogP contribution >= 0.6 is 0 Å². The first kappa shape index (κ1) is 12.4. The van der Waals surface area contributed by atoms with Crippen molar-refractivity contribution in [2.45, 2.75) is 12.5 Å². The summed E-state index contributed by atoms with van der Waals surface area (Å²) >= 11 is 0. The lowest BCUT2D eigenvalue weighted by molar-refractivity contribution is -0.121. The Balaban J connectivity index is 2.28. The number of hydrogen-bond acceptors (Lipinski definition) is 5. The quantitative estimate of drug-likeness (QED) is 0.510. The van der Waals surface area contributed by atoms with Crippen LogP contribution in [0.25, 0.3) is 0 Å². The number of hydrazine groups is 1. The Morgan fingerprint density at radius 1 is 1.53 bits per heavy atom. The second-order valence-electron chi connectivity index (χ2n) is 3.54. The zero-order valence-corrected chi connectivity index (χ0v) is 9.16. The highest BCUT2D eigenvalue weighted by Gasteiger charge is 2.16. The van der Waals surface area contributed by atoms with Crippen molar-refractivity contribution in [1.82, 2.24) is 15.8 Å². The van der Waals surface area contributed by atoms with Gasteiger partial charge in [0.25, 0.3) is 0 Å². The maximum absolute atomic E-state index is 11.2. The average molecular weight is 216 g/mol. The molecule has 88 valence electrons. The third kappa shape index (κ3) is 4.57. The molecule has 0 saturated carbocycles. The van der Waals surface area contributed by atoms with Crippen LogP contribution < -0.4 is 16.5 Å². The third-order valence-electron chi connectivity index (χ3n) is 2.37. The molecular formula is C9H20N4O2. The Bertz CT molecular complexity index is 195. The van der Waals surface area contributed by atoms with Crippen LogP contribution in [0.3, 0.4) is 0 Å². The van der Waals surface area contributed by atoms with E-state index in [1.165, 1.54) is 0 Å². The molecule has 1 rings (SSSR count). The number of nitrogens with two attached hydrogens (primary N) is 1. The summed E-state index contributed by atoms with van der Waals surface area (Å²) in [7, 11) is 1.63. The van der Waals surface area contributed by atoms with Crippen LogP contribution in [0.2, 0.25) is 0 Å². The molecule has 4 N–H and O–H groups in total. The van der Waals surface area contributed by atoms with Crippen LogP contribution in [0.1, 0.15) is 6.42 Å². The molecule has 1 heterocycles. The maximum atomic E-state index is 11.2. The highest BCUT2D eigenvalue weighted by atomic mass is 16.5. The van der Waals surface area contributed by atoms with Crippen LogP contribution in [-0.2, 0) is 9.53 Å². The van der Waals surface area contributed by atoms with Crippen LogP contribution in [0, 0.1) is 0 Å². The zero-order chi connectivity index (χ0) is 11.1. The van der Waals surface area contributed by atoms with Gasteiger partial charge in [-0.2, -0.15) is 0 Å². The lowest BCUT2D eigenvalue weighted by Gasteiger charge is -2.30. The molecular weight excluding hydrogens is 196 g/mol. The summed E-state index contributed by atoms with van der Waals surface area (Å²) in [5.74, 6) is 0.00575. The first-order valence-electron chi connectivity index (χ1n) is 5.25. The monoisotopic (exact) mass is 216 g/mol. The standard InChI is InChI=1S/C9H20N4O2/c1-11-9(14)6-8(7-10)12-13-2-4-15-5-3-13/h8,12H,2-7,10H2,1H3,(H,11,14). The number of carbonyl (C=O) groups is 1. The number of amides is 1. The number of rotatable bonds is 5. The number of carbonyl (C=O) groups excluding carboxylic acids is 1. The van der Waals surface area contributed by atoms with E-state index in [0.29, 0.717) is 13.0 Å². The molecule has 0 aromatic rings. The summed E-state index contributed by atoms with van der Waals surface area (Å²) in [4.78, 5) is 11.2. The smallest absolute Gasteiger partial charge is 0.221 e. The molecule has 1 unspecified atom stereocenters. The first-order valence-corrected chi connectivity index (χ1v) is 5.25. The van der Waals surface area contributed by atoms with Crippen molar-refractivity contribution in [2.75, 3.05) is 39.9 Å². The molecule has 0 bridgehead atoms. The van der Waals surface area contributed by atoms with E-state index in [0.717, 1.165) is 26.3 Å². The molecule has 1 saturated heterocycles. The highest BCUT2D eigenvalue weighted by Crippen LogP contribution is 1.97. The highest BCUT2D eigenvalue weighted by molar-refractivity contribution is 5.76.